The van der Waals surface area contributed by atoms with Crippen molar-refractivity contribution in [3.05, 3.63) is 83.4 Å². The number of carbonyl (C=O) groups is 1. The third-order valence-electron chi connectivity index (χ3n) is 9.97. The average molecular weight is 912 g/mol. The molecule has 6 heteroatoms. The molecule has 53 heavy (non-hydrogen) atoms. The van der Waals surface area contributed by atoms with Crippen molar-refractivity contribution in [2.24, 2.45) is 40.9 Å². The van der Waals surface area contributed by atoms with E-state index in [1.54, 1.807) is 17.7 Å². The number of hydrogen-bond donors (Lipinski definition) is 1. The van der Waals surface area contributed by atoms with E-state index in [1.165, 1.54) is 38.2 Å². The summed E-state index contributed by atoms with van der Waals surface area (Å²) < 4.78 is 2.42. The predicted molar refractivity (Wildman–Crippen MR) is 225 cm³/mol. The van der Waals surface area contributed by atoms with Gasteiger partial charge in [-0.05, 0) is 59.5 Å². The Morgan fingerprint density at radius 1 is 0.811 bits per heavy atom. The van der Waals surface area contributed by atoms with Gasteiger partial charge < -0.3 is 5.11 Å². The number of fused-ring (bicyclic) bond motifs is 4. The first kappa shape index (κ1) is 44.5. The zero-order valence-electron chi connectivity index (χ0n) is 34.9. The van der Waals surface area contributed by atoms with Crippen molar-refractivity contribution in [2.45, 2.75) is 116 Å². The van der Waals surface area contributed by atoms with Gasteiger partial charge in [0.25, 0.3) is 0 Å². The largest absolute Gasteiger partial charge is 0.512 e. The van der Waals surface area contributed by atoms with Gasteiger partial charge in [0.1, 0.15) is 6.33 Å². The normalized spacial score (nSPS) is 12.9. The molecule has 3 aromatic carbocycles. The minimum Gasteiger partial charge on any atom is -0.512 e. The summed E-state index contributed by atoms with van der Waals surface area (Å²) in [5.74, 6) is 1.63. The van der Waals surface area contributed by atoms with Crippen LogP contribution < -0.4 is 0 Å². The first-order valence-electron chi connectivity index (χ1n) is 19.2. The van der Waals surface area contributed by atoms with Crippen LogP contribution >= 0.6 is 11.3 Å². The summed E-state index contributed by atoms with van der Waals surface area (Å²) in [6.45, 7) is 32.4. The summed E-state index contributed by atoms with van der Waals surface area (Å²) in [6.07, 6.45) is 4.25. The summed E-state index contributed by atoms with van der Waals surface area (Å²) in [5, 5.41) is 13.9. The maximum atomic E-state index is 12.3. The second-order valence-electron chi connectivity index (χ2n) is 18.5. The van der Waals surface area contributed by atoms with Crippen LogP contribution in [0.25, 0.3) is 42.3 Å². The van der Waals surface area contributed by atoms with Crippen LogP contribution in [0.2, 0.25) is 0 Å². The van der Waals surface area contributed by atoms with E-state index in [2.05, 4.69) is 152 Å². The molecule has 0 spiro atoms. The first-order chi connectivity index (χ1) is 24.1. The fraction of sp³-hybridized carbons (Fsp3) is 0.511. The molecule has 0 aliphatic heterocycles. The van der Waals surface area contributed by atoms with E-state index in [0.717, 1.165) is 33.3 Å². The molecule has 5 rings (SSSR count). The fourth-order valence-electron chi connectivity index (χ4n) is 7.90. The number of hydrogen-bond acceptors (Lipinski definition) is 5. The van der Waals surface area contributed by atoms with Gasteiger partial charge in [-0.1, -0.05) is 138 Å². The Bertz CT molecular complexity index is 2040. The summed E-state index contributed by atoms with van der Waals surface area (Å²) >= 11 is 1.80. The monoisotopic (exact) mass is 912 g/mol. The van der Waals surface area contributed by atoms with Crippen LogP contribution in [0, 0.1) is 53.9 Å². The fourth-order valence-corrected chi connectivity index (χ4v) is 9.12. The van der Waals surface area contributed by atoms with Crippen molar-refractivity contribution in [3.63, 3.8) is 0 Å². The molecule has 0 saturated carbocycles. The topological polar surface area (TPSA) is 63.1 Å². The maximum absolute atomic E-state index is 12.3. The van der Waals surface area contributed by atoms with E-state index in [4.69, 9.17) is 9.97 Å². The molecule has 0 saturated heterocycles. The first-order valence-corrected chi connectivity index (χ1v) is 20.0. The smallest absolute Gasteiger partial charge is 0.162 e. The van der Waals surface area contributed by atoms with Crippen molar-refractivity contribution in [2.75, 3.05) is 0 Å². The van der Waals surface area contributed by atoms with Crippen LogP contribution in [0.1, 0.15) is 114 Å². The number of nitrogens with zero attached hydrogens (tertiary/aromatic N) is 2. The molecule has 0 atom stereocenters. The Hall–Kier alpha value is -2.92. The number of allylic oxidation sites excluding steroid dienone is 2. The Kier molecular flexibility index (Phi) is 14.8. The molecule has 0 fully saturated rings. The number of aryl methyl sites for hydroxylation is 1. The zero-order valence-corrected chi connectivity index (χ0v) is 38.1. The second-order valence-corrected chi connectivity index (χ2v) is 19.5. The van der Waals surface area contributed by atoms with Crippen molar-refractivity contribution in [1.29, 1.82) is 0 Å². The molecule has 0 bridgehead atoms. The minimum atomic E-state index is -0.0119. The molecule has 0 aliphatic rings. The minimum absolute atomic E-state index is 0. The standard InChI is InChI=1S/C30H31N2S.C17H32O2.Ir/c1-18-8-10-22-20(12-18)14-21(15-24(22)30(5,6)7)26-28-27(32-17-31-26)23-11-9-19(13-25(23)33-28)16-29(2,3)4;1-10(2)16(11(3)4)14(18)9-15(19)17(12(5)6)13(7)8;/h8-13,15,17H,16H2,1-7H3;9-13,16-18H,1-8H3;/q-1;;/b;14-9-;. The van der Waals surface area contributed by atoms with E-state index in [1.807, 2.05) is 0 Å². The van der Waals surface area contributed by atoms with Crippen LogP contribution in [0.4, 0.5) is 0 Å². The van der Waals surface area contributed by atoms with Crippen LogP contribution in [0.15, 0.2) is 60.6 Å². The van der Waals surface area contributed by atoms with Gasteiger partial charge in [0.05, 0.1) is 11.3 Å². The van der Waals surface area contributed by atoms with Crippen LogP contribution in [-0.2, 0) is 36.7 Å². The maximum Gasteiger partial charge on any atom is 0.162 e. The van der Waals surface area contributed by atoms with Crippen molar-refractivity contribution < 1.29 is 30.0 Å². The van der Waals surface area contributed by atoms with Gasteiger partial charge in [0.15, 0.2) is 5.78 Å². The molecule has 2 heterocycles. The Morgan fingerprint density at radius 3 is 1.94 bits per heavy atom. The Balaban J connectivity index is 0.000000327. The molecule has 2 aromatic heterocycles. The zero-order chi connectivity index (χ0) is 38.9. The predicted octanol–water partition coefficient (Wildman–Crippen LogP) is 13.5. The van der Waals surface area contributed by atoms with E-state index < -0.39 is 0 Å². The van der Waals surface area contributed by atoms with Crippen molar-refractivity contribution in [3.8, 4) is 11.3 Å². The van der Waals surface area contributed by atoms with Crippen molar-refractivity contribution in [1.82, 2.24) is 9.97 Å². The Morgan fingerprint density at radius 2 is 1.40 bits per heavy atom. The molecule has 5 aromatic rings. The molecule has 0 unspecified atom stereocenters. The summed E-state index contributed by atoms with van der Waals surface area (Å²) in [5.41, 5.74) is 7.29. The summed E-state index contributed by atoms with van der Waals surface area (Å²) in [6, 6.07) is 19.5. The third-order valence-corrected chi connectivity index (χ3v) is 11.1. The Labute approximate surface area is 337 Å². The van der Waals surface area contributed by atoms with Gasteiger partial charge in [-0.3, -0.25) is 9.78 Å². The number of aliphatic hydroxyl groups excluding tert-OH is 1. The van der Waals surface area contributed by atoms with Gasteiger partial charge in [-0.2, -0.15) is 0 Å². The number of aromatic nitrogens is 2. The molecule has 1 N–H and O–H groups in total. The van der Waals surface area contributed by atoms with Gasteiger partial charge in [-0.25, -0.2) is 4.98 Å². The van der Waals surface area contributed by atoms with Crippen LogP contribution in [0.5, 0.6) is 0 Å². The van der Waals surface area contributed by atoms with Crippen molar-refractivity contribution >= 4 is 48.2 Å². The molecule has 289 valence electrons. The molecular formula is C47H63IrN2O2S-. The summed E-state index contributed by atoms with van der Waals surface area (Å²) in [4.78, 5) is 21.8. The van der Waals surface area contributed by atoms with Gasteiger partial charge in [-0.15, -0.1) is 40.5 Å². The molecule has 1 radical (unpaired) electrons. The van der Waals surface area contributed by atoms with Gasteiger partial charge in [0.2, 0.25) is 0 Å². The van der Waals surface area contributed by atoms with Gasteiger partial charge >= 0.3 is 0 Å². The second kappa shape index (κ2) is 17.7. The quantitative estimate of drug-likeness (QED) is 0.0909. The molecule has 0 aliphatic carbocycles. The number of ketones is 1. The number of benzene rings is 3. The van der Waals surface area contributed by atoms with Gasteiger partial charge in [0, 0.05) is 58.5 Å². The number of thiophene rings is 1. The number of carbonyl (C=O) groups excluding carboxylic acids is 1. The average Bonchev–Trinajstić information content (AvgIpc) is 3.36. The SMILES string of the molecule is CC(C)C(C(=O)/C=C(\O)C(C(C)C)C(C)C)C(C)C.Cc1ccc2c(C(C)(C)C)cc(-c3ncnc4c3sc3cc(CC(C)(C)C)ccc34)[c-]c2c1.[Ir]. The van der Waals surface area contributed by atoms with Crippen LogP contribution in [0.3, 0.4) is 0 Å². The number of aliphatic hydroxyl groups is 1. The van der Waals surface area contributed by atoms with E-state index >= 15 is 0 Å². The van der Waals surface area contributed by atoms with E-state index in [0.29, 0.717) is 23.7 Å². The summed E-state index contributed by atoms with van der Waals surface area (Å²) in [7, 11) is 0. The molecule has 0 amide bonds. The number of rotatable bonds is 9. The van der Waals surface area contributed by atoms with E-state index in [9.17, 15) is 9.90 Å². The molecular weight excluding hydrogens is 849 g/mol. The van der Waals surface area contributed by atoms with E-state index in [-0.39, 0.29) is 54.3 Å². The van der Waals surface area contributed by atoms with Crippen LogP contribution in [-0.4, -0.2) is 20.9 Å². The molecule has 4 nitrogen and oxygen atoms in total. The third kappa shape index (κ3) is 10.9.